The van der Waals surface area contributed by atoms with Crippen molar-refractivity contribution < 1.29 is 23.0 Å². The Labute approximate surface area is 201 Å². The van der Waals surface area contributed by atoms with E-state index in [4.69, 9.17) is 24.9 Å². The SMILES string of the molecule is COc1cc(C)c(F)c(-c2cc3cnc(NC4COCCC4N)nc3c(N3CC(OC)C3)n2)c1F. The maximum Gasteiger partial charge on any atom is 0.223 e. The first kappa shape index (κ1) is 23.6. The summed E-state index contributed by atoms with van der Waals surface area (Å²) in [6.45, 7) is 3.81. The Kier molecular flexibility index (Phi) is 6.39. The van der Waals surface area contributed by atoms with Gasteiger partial charge in [-0.3, -0.25) is 0 Å². The number of aryl methyl sites for hydroxylation is 1. The minimum atomic E-state index is -0.808. The van der Waals surface area contributed by atoms with Crippen molar-refractivity contribution in [2.24, 2.45) is 5.73 Å². The van der Waals surface area contributed by atoms with E-state index in [1.54, 1.807) is 26.3 Å². The summed E-state index contributed by atoms with van der Waals surface area (Å²) in [4.78, 5) is 15.8. The predicted octanol–water partition coefficient (Wildman–Crippen LogP) is 2.65. The van der Waals surface area contributed by atoms with Crippen LogP contribution >= 0.6 is 0 Å². The van der Waals surface area contributed by atoms with E-state index in [0.29, 0.717) is 49.0 Å². The molecule has 0 amide bonds. The zero-order valence-electron chi connectivity index (χ0n) is 19.8. The number of benzene rings is 1. The molecule has 35 heavy (non-hydrogen) atoms. The molecule has 186 valence electrons. The number of nitrogens with two attached hydrogens (primary N) is 1. The molecular weight excluding hydrogens is 458 g/mol. The van der Waals surface area contributed by atoms with E-state index in [9.17, 15) is 0 Å². The maximum absolute atomic E-state index is 15.2. The van der Waals surface area contributed by atoms with Gasteiger partial charge >= 0.3 is 0 Å². The highest BCUT2D eigenvalue weighted by molar-refractivity contribution is 5.92. The molecule has 0 bridgehead atoms. The van der Waals surface area contributed by atoms with Crippen LogP contribution in [0.4, 0.5) is 20.5 Å². The number of fused-ring (bicyclic) bond motifs is 1. The van der Waals surface area contributed by atoms with Gasteiger partial charge in [0.2, 0.25) is 5.95 Å². The van der Waals surface area contributed by atoms with Crippen LogP contribution in [-0.4, -0.2) is 73.7 Å². The van der Waals surface area contributed by atoms with Gasteiger partial charge in [0, 0.05) is 44.4 Å². The fourth-order valence-corrected chi connectivity index (χ4v) is 4.38. The third kappa shape index (κ3) is 4.35. The van der Waals surface area contributed by atoms with E-state index >= 15 is 8.78 Å². The Morgan fingerprint density at radius 1 is 1.17 bits per heavy atom. The molecule has 3 aromatic rings. The van der Waals surface area contributed by atoms with E-state index in [1.807, 2.05) is 4.90 Å². The monoisotopic (exact) mass is 486 g/mol. The van der Waals surface area contributed by atoms with Crippen LogP contribution in [0.15, 0.2) is 18.3 Å². The number of pyridine rings is 1. The van der Waals surface area contributed by atoms with E-state index in [1.165, 1.54) is 13.2 Å². The summed E-state index contributed by atoms with van der Waals surface area (Å²) in [5, 5.41) is 3.85. The molecule has 2 unspecified atom stereocenters. The number of rotatable bonds is 6. The van der Waals surface area contributed by atoms with Gasteiger partial charge in [0.05, 0.1) is 37.1 Å². The summed E-state index contributed by atoms with van der Waals surface area (Å²) < 4.78 is 46.4. The lowest BCUT2D eigenvalue weighted by atomic mass is 10.0. The maximum atomic E-state index is 15.2. The van der Waals surface area contributed by atoms with E-state index < -0.39 is 11.6 Å². The van der Waals surface area contributed by atoms with Gasteiger partial charge in [0.25, 0.3) is 0 Å². The lowest BCUT2D eigenvalue weighted by Crippen LogP contribution is -2.52. The van der Waals surface area contributed by atoms with Crippen molar-refractivity contribution >= 4 is 22.7 Å². The third-order valence-corrected chi connectivity index (χ3v) is 6.58. The van der Waals surface area contributed by atoms with Gasteiger partial charge in [0.1, 0.15) is 11.3 Å². The van der Waals surface area contributed by atoms with Gasteiger partial charge in [-0.1, -0.05) is 0 Å². The van der Waals surface area contributed by atoms with Crippen molar-refractivity contribution in [1.29, 1.82) is 0 Å². The Bertz CT molecular complexity index is 1250. The molecule has 2 atom stereocenters. The highest BCUT2D eigenvalue weighted by atomic mass is 19.1. The van der Waals surface area contributed by atoms with Crippen LogP contribution in [0.25, 0.3) is 22.2 Å². The van der Waals surface area contributed by atoms with Crippen molar-refractivity contribution in [2.75, 3.05) is 50.7 Å². The molecule has 0 radical (unpaired) electrons. The fourth-order valence-electron chi connectivity index (χ4n) is 4.38. The molecule has 2 aliphatic heterocycles. The summed E-state index contributed by atoms with van der Waals surface area (Å²) in [5.41, 5.74) is 6.92. The molecule has 2 aliphatic rings. The first-order valence-corrected chi connectivity index (χ1v) is 11.5. The highest BCUT2D eigenvalue weighted by Gasteiger charge is 2.31. The minimum Gasteiger partial charge on any atom is -0.494 e. The Hall–Kier alpha value is -3.15. The number of methoxy groups -OCH3 is 2. The second kappa shape index (κ2) is 9.48. The Morgan fingerprint density at radius 2 is 1.97 bits per heavy atom. The lowest BCUT2D eigenvalue weighted by molar-refractivity contribution is 0.0766. The second-order valence-electron chi connectivity index (χ2n) is 8.90. The quantitative estimate of drug-likeness (QED) is 0.544. The van der Waals surface area contributed by atoms with Crippen LogP contribution in [-0.2, 0) is 9.47 Å². The largest absolute Gasteiger partial charge is 0.494 e. The van der Waals surface area contributed by atoms with Crippen LogP contribution in [0.1, 0.15) is 12.0 Å². The molecule has 9 nitrogen and oxygen atoms in total. The molecule has 2 saturated heterocycles. The van der Waals surface area contributed by atoms with Crippen molar-refractivity contribution in [3.63, 3.8) is 0 Å². The molecule has 2 aromatic heterocycles. The predicted molar refractivity (Wildman–Crippen MR) is 128 cm³/mol. The molecule has 0 aliphatic carbocycles. The summed E-state index contributed by atoms with van der Waals surface area (Å²) in [7, 11) is 2.99. The fraction of sp³-hybridized carbons (Fsp3) is 0.458. The molecule has 5 rings (SSSR count). The molecule has 4 heterocycles. The lowest BCUT2D eigenvalue weighted by Gasteiger charge is -2.39. The molecule has 3 N–H and O–H groups in total. The van der Waals surface area contributed by atoms with Gasteiger partial charge < -0.3 is 30.2 Å². The number of anilines is 2. The van der Waals surface area contributed by atoms with Gasteiger partial charge in [0.15, 0.2) is 17.4 Å². The number of ether oxygens (including phenoxy) is 3. The number of halogens is 2. The minimum absolute atomic E-state index is 0.0415. The van der Waals surface area contributed by atoms with Gasteiger partial charge in [-0.05, 0) is 31.0 Å². The number of nitrogens with one attached hydrogen (secondary N) is 1. The third-order valence-electron chi connectivity index (χ3n) is 6.58. The first-order chi connectivity index (χ1) is 16.9. The average molecular weight is 487 g/mol. The second-order valence-corrected chi connectivity index (χ2v) is 8.90. The molecule has 0 spiro atoms. The van der Waals surface area contributed by atoms with E-state index in [-0.39, 0.29) is 40.8 Å². The molecule has 0 saturated carbocycles. The molecular formula is C24H28F2N6O3. The van der Waals surface area contributed by atoms with Crippen molar-refractivity contribution in [3.05, 3.63) is 35.5 Å². The zero-order chi connectivity index (χ0) is 24.7. The topological polar surface area (TPSA) is 108 Å². The number of hydrogen-bond donors (Lipinski definition) is 2. The van der Waals surface area contributed by atoms with E-state index in [2.05, 4.69) is 15.3 Å². The van der Waals surface area contributed by atoms with Crippen LogP contribution in [0, 0.1) is 18.6 Å². The summed E-state index contributed by atoms with van der Waals surface area (Å²) in [6.07, 6.45) is 2.40. The average Bonchev–Trinajstić information content (AvgIpc) is 2.82. The first-order valence-electron chi connectivity index (χ1n) is 11.5. The van der Waals surface area contributed by atoms with Crippen LogP contribution in [0.5, 0.6) is 5.75 Å². The summed E-state index contributed by atoms with van der Waals surface area (Å²) >= 11 is 0. The zero-order valence-corrected chi connectivity index (χ0v) is 19.8. The smallest absolute Gasteiger partial charge is 0.223 e. The van der Waals surface area contributed by atoms with Crippen LogP contribution in [0.3, 0.4) is 0 Å². The van der Waals surface area contributed by atoms with E-state index in [0.717, 1.165) is 6.42 Å². The number of hydrogen-bond acceptors (Lipinski definition) is 9. The van der Waals surface area contributed by atoms with Gasteiger partial charge in [-0.15, -0.1) is 0 Å². The normalized spacial score (nSPS) is 20.7. The number of nitrogens with zero attached hydrogens (tertiary/aromatic N) is 4. The van der Waals surface area contributed by atoms with Crippen molar-refractivity contribution in [1.82, 2.24) is 15.0 Å². The Balaban J connectivity index is 1.61. The van der Waals surface area contributed by atoms with Crippen LogP contribution in [0.2, 0.25) is 0 Å². The van der Waals surface area contributed by atoms with Gasteiger partial charge in [-0.2, -0.15) is 0 Å². The van der Waals surface area contributed by atoms with Crippen molar-refractivity contribution in [2.45, 2.75) is 31.5 Å². The highest BCUT2D eigenvalue weighted by Crippen LogP contribution is 2.37. The summed E-state index contributed by atoms with van der Waals surface area (Å²) in [5.74, 6) is -0.660. The molecule has 1 aromatic carbocycles. The summed E-state index contributed by atoms with van der Waals surface area (Å²) in [6, 6.07) is 2.71. The molecule has 11 heteroatoms. The van der Waals surface area contributed by atoms with Crippen LogP contribution < -0.4 is 20.7 Å². The standard InChI is InChI=1S/C24H28F2N6O3/c1-12-6-18(34-3)21(26)19(20(12)25)16-7-13-8-28-24(30-17-11-35-5-4-15(17)27)31-22(13)23(29-16)32-9-14(10-32)33-2/h6-8,14-15,17H,4-5,9-11,27H2,1-3H3,(H,28,30,31). The van der Waals surface area contributed by atoms with Gasteiger partial charge in [-0.25, -0.2) is 23.7 Å². The van der Waals surface area contributed by atoms with Crippen molar-refractivity contribution in [3.8, 4) is 17.0 Å². The molecule has 2 fully saturated rings. The Morgan fingerprint density at radius 3 is 2.69 bits per heavy atom. The number of aromatic nitrogens is 3.